The summed E-state index contributed by atoms with van der Waals surface area (Å²) >= 11 is 0. The molecule has 6 aromatic carbocycles. The van der Waals surface area contributed by atoms with Gasteiger partial charge in [-0.1, -0.05) is 66.2 Å². The fraction of sp³-hybridized carbons (Fsp3) is 0.100. The van der Waals surface area contributed by atoms with E-state index in [9.17, 15) is 14.7 Å². The molecule has 0 bridgehead atoms. The summed E-state index contributed by atoms with van der Waals surface area (Å²) in [5.41, 5.74) is 7.04. The summed E-state index contributed by atoms with van der Waals surface area (Å²) in [7, 11) is 2.98. The van der Waals surface area contributed by atoms with E-state index in [1.165, 1.54) is 20.3 Å². The number of carbonyl (C=O) groups is 2. The quantitative estimate of drug-likeness (QED) is 0.0745. The number of carbonyl (C=O) groups excluding carboxylic acids is 2. The molecule has 0 aromatic heterocycles. The van der Waals surface area contributed by atoms with Crippen molar-refractivity contribution in [3.63, 3.8) is 0 Å². The lowest BCUT2D eigenvalue weighted by atomic mass is 10.0. The minimum atomic E-state index is -0.645. The molecule has 0 unspecified atom stereocenters. The first-order valence-electron chi connectivity index (χ1n) is 16.0. The number of fused-ring (bicyclic) bond motifs is 1. The van der Waals surface area contributed by atoms with Gasteiger partial charge in [0.15, 0.2) is 5.75 Å². The van der Waals surface area contributed by atoms with E-state index < -0.39 is 5.91 Å². The van der Waals surface area contributed by atoms with Gasteiger partial charge in [-0.05, 0) is 78.5 Å². The third-order valence-electron chi connectivity index (χ3n) is 7.93. The highest BCUT2D eigenvalue weighted by atomic mass is 16.6. The Kier molecular flexibility index (Phi) is 10.5. The van der Waals surface area contributed by atoms with E-state index >= 15 is 0 Å². The van der Waals surface area contributed by atoms with Gasteiger partial charge in [-0.25, -0.2) is 0 Å². The van der Waals surface area contributed by atoms with Crippen LogP contribution in [0.3, 0.4) is 0 Å². The van der Waals surface area contributed by atoms with Gasteiger partial charge in [-0.3, -0.25) is 19.9 Å². The van der Waals surface area contributed by atoms with Crippen LogP contribution in [0.25, 0.3) is 10.8 Å². The normalized spacial score (nSPS) is 11.0. The second-order valence-electron chi connectivity index (χ2n) is 11.5. The van der Waals surface area contributed by atoms with Crippen LogP contribution in [-0.4, -0.2) is 31.1 Å². The molecule has 11 heteroatoms. The van der Waals surface area contributed by atoms with Crippen molar-refractivity contribution in [1.82, 2.24) is 0 Å². The van der Waals surface area contributed by atoms with E-state index in [4.69, 9.17) is 14.3 Å². The summed E-state index contributed by atoms with van der Waals surface area (Å²) in [6.45, 7) is 2.15. The van der Waals surface area contributed by atoms with Crippen molar-refractivity contribution in [3.05, 3.63) is 144 Å². The van der Waals surface area contributed by atoms with Crippen molar-refractivity contribution in [1.29, 1.82) is 0 Å². The number of aromatic hydroxyl groups is 1. The lowest BCUT2D eigenvalue weighted by Gasteiger charge is -2.15. The van der Waals surface area contributed by atoms with Crippen molar-refractivity contribution in [2.45, 2.75) is 13.5 Å². The lowest BCUT2D eigenvalue weighted by Crippen LogP contribution is -2.15. The first-order valence-corrected chi connectivity index (χ1v) is 16.0. The third kappa shape index (κ3) is 8.12. The molecule has 0 aliphatic carbocycles. The molecule has 0 aliphatic heterocycles. The third-order valence-corrected chi connectivity index (χ3v) is 7.93. The zero-order valence-electron chi connectivity index (χ0n) is 28.1. The number of anilines is 3. The summed E-state index contributed by atoms with van der Waals surface area (Å²) in [6, 6.07) is 35.8. The number of benzene rings is 6. The number of amides is 2. The van der Waals surface area contributed by atoms with E-state index in [2.05, 4.69) is 26.3 Å². The molecule has 6 aromatic rings. The van der Waals surface area contributed by atoms with Gasteiger partial charge in [-0.15, -0.1) is 10.2 Å². The van der Waals surface area contributed by atoms with E-state index in [0.717, 1.165) is 16.8 Å². The number of para-hydroxylation sites is 2. The number of hydrogen-bond donors (Lipinski definition) is 4. The maximum absolute atomic E-state index is 13.8. The zero-order valence-corrected chi connectivity index (χ0v) is 28.1. The molecule has 0 heterocycles. The number of hydrogen-bond acceptors (Lipinski definition) is 9. The summed E-state index contributed by atoms with van der Waals surface area (Å²) in [6.07, 6.45) is 0. The van der Waals surface area contributed by atoms with Gasteiger partial charge in [0, 0.05) is 16.6 Å². The van der Waals surface area contributed by atoms with Crippen molar-refractivity contribution in [2.75, 3.05) is 30.3 Å². The van der Waals surface area contributed by atoms with E-state index in [0.29, 0.717) is 39.2 Å². The van der Waals surface area contributed by atoms with Gasteiger partial charge in [0.05, 0.1) is 37.8 Å². The predicted molar refractivity (Wildman–Crippen MR) is 198 cm³/mol. The molecular formula is C40H35N5O6. The fourth-order valence-electron chi connectivity index (χ4n) is 5.35. The summed E-state index contributed by atoms with van der Waals surface area (Å²) in [5, 5.41) is 27.3. The van der Waals surface area contributed by atoms with Crippen LogP contribution >= 0.6 is 0 Å². The van der Waals surface area contributed by atoms with Gasteiger partial charge in [0.1, 0.15) is 22.9 Å². The number of rotatable bonds is 12. The average Bonchev–Trinajstić information content (AvgIpc) is 3.15. The van der Waals surface area contributed by atoms with Crippen molar-refractivity contribution in [2.24, 2.45) is 10.2 Å². The maximum atomic E-state index is 13.8. The Morgan fingerprint density at radius 2 is 1.41 bits per heavy atom. The van der Waals surface area contributed by atoms with Crippen LogP contribution in [-0.2, 0) is 11.4 Å². The molecule has 51 heavy (non-hydrogen) atoms. The van der Waals surface area contributed by atoms with Gasteiger partial charge < -0.3 is 25.2 Å². The first-order chi connectivity index (χ1) is 24.8. The van der Waals surface area contributed by atoms with Gasteiger partial charge in [0.25, 0.3) is 11.8 Å². The lowest BCUT2D eigenvalue weighted by molar-refractivity contribution is 0.101. The molecule has 0 atom stereocenters. The molecule has 0 saturated carbocycles. The highest BCUT2D eigenvalue weighted by molar-refractivity contribution is 6.13. The monoisotopic (exact) mass is 681 g/mol. The second-order valence-corrected chi connectivity index (χ2v) is 11.5. The van der Waals surface area contributed by atoms with Crippen LogP contribution in [0.4, 0.5) is 28.4 Å². The van der Waals surface area contributed by atoms with Crippen LogP contribution in [0.5, 0.6) is 17.2 Å². The van der Waals surface area contributed by atoms with E-state index in [1.54, 1.807) is 42.5 Å². The molecule has 0 radical (unpaired) electrons. The molecule has 0 fully saturated rings. The summed E-state index contributed by atoms with van der Waals surface area (Å²) in [4.78, 5) is 32.5. The standard InChI is InChI=1S/C40H35N5O6/c1-25-14-17-31-28(20-25)22-32(40(48)42-33-23-27(16-19-35(33)49-2)39(47)41-29-10-6-4-7-11-29)38(46)37(31)44-43-34-21-26(15-18-36(34)50-3)24-51-45-30-12-8-5-9-13-30/h4-23,45-46H,24H2,1-3H3,(H,41,47)(H,42,48). The smallest absolute Gasteiger partial charge is 0.259 e. The van der Waals surface area contributed by atoms with Crippen LogP contribution in [0.15, 0.2) is 132 Å². The molecule has 11 nitrogen and oxygen atoms in total. The Labute approximate surface area is 294 Å². The molecule has 0 spiro atoms. The van der Waals surface area contributed by atoms with E-state index in [-0.39, 0.29) is 35.2 Å². The van der Waals surface area contributed by atoms with Gasteiger partial charge in [0.2, 0.25) is 0 Å². The predicted octanol–water partition coefficient (Wildman–Crippen LogP) is 9.33. The SMILES string of the molecule is COc1ccc(CONc2ccccc2)cc1N=Nc1c(O)c(C(=O)Nc2cc(C(=O)Nc3ccccc3)ccc2OC)cc2cc(C)ccc12. The number of nitrogens with one attached hydrogen (secondary N) is 3. The molecule has 256 valence electrons. The minimum absolute atomic E-state index is 0.0515. The largest absolute Gasteiger partial charge is 0.505 e. The van der Waals surface area contributed by atoms with E-state index in [1.807, 2.05) is 79.7 Å². The maximum Gasteiger partial charge on any atom is 0.259 e. The van der Waals surface area contributed by atoms with Crippen LogP contribution in [0.2, 0.25) is 0 Å². The molecule has 6 rings (SSSR count). The first kappa shape index (κ1) is 34.2. The van der Waals surface area contributed by atoms with Crippen molar-refractivity contribution < 1.29 is 29.0 Å². The number of phenolic OH excluding ortho intramolecular Hbond substituents is 1. The molecule has 0 saturated heterocycles. The minimum Gasteiger partial charge on any atom is -0.505 e. The Balaban J connectivity index is 1.30. The molecular weight excluding hydrogens is 646 g/mol. The molecule has 2 amide bonds. The van der Waals surface area contributed by atoms with Gasteiger partial charge >= 0.3 is 0 Å². The number of aryl methyl sites for hydroxylation is 1. The average molecular weight is 682 g/mol. The number of azo groups is 1. The van der Waals surface area contributed by atoms with Crippen molar-refractivity contribution >= 4 is 51.0 Å². The Morgan fingerprint density at radius 3 is 2.14 bits per heavy atom. The van der Waals surface area contributed by atoms with Crippen molar-refractivity contribution in [3.8, 4) is 17.2 Å². The van der Waals surface area contributed by atoms with Crippen LogP contribution in [0.1, 0.15) is 31.8 Å². The number of phenols is 1. The Morgan fingerprint density at radius 1 is 0.706 bits per heavy atom. The number of nitrogens with zero attached hydrogens (tertiary/aromatic N) is 2. The van der Waals surface area contributed by atoms with Crippen LogP contribution in [0, 0.1) is 6.92 Å². The Hall–Kier alpha value is -6.72. The molecule has 4 N–H and O–H groups in total. The zero-order chi connectivity index (χ0) is 35.7. The van der Waals surface area contributed by atoms with Gasteiger partial charge in [-0.2, -0.15) is 0 Å². The van der Waals surface area contributed by atoms with Crippen LogP contribution < -0.4 is 25.6 Å². The fourth-order valence-corrected chi connectivity index (χ4v) is 5.35. The topological polar surface area (TPSA) is 143 Å². The summed E-state index contributed by atoms with van der Waals surface area (Å²) < 4.78 is 11.0. The second kappa shape index (κ2) is 15.7. The molecule has 0 aliphatic rings. The Bertz CT molecular complexity index is 2230. The highest BCUT2D eigenvalue weighted by Gasteiger charge is 2.21. The number of ether oxygens (including phenoxy) is 2. The summed E-state index contributed by atoms with van der Waals surface area (Å²) in [5.74, 6) is -0.616. The number of methoxy groups -OCH3 is 2. The highest BCUT2D eigenvalue weighted by Crippen LogP contribution is 2.41.